The zero-order valence-corrected chi connectivity index (χ0v) is 13.3. The van der Waals surface area contributed by atoms with Gasteiger partial charge < -0.3 is 5.73 Å². The number of nitrogens with two attached hydrogens (primary N) is 1. The molecule has 1 aromatic rings. The van der Waals surface area contributed by atoms with Gasteiger partial charge in [0.15, 0.2) is 0 Å². The van der Waals surface area contributed by atoms with Gasteiger partial charge >= 0.3 is 0 Å². The van der Waals surface area contributed by atoms with Gasteiger partial charge in [-0.15, -0.1) is 0 Å². The molecule has 0 aromatic heterocycles. The first-order chi connectivity index (χ1) is 9.58. The van der Waals surface area contributed by atoms with Crippen molar-refractivity contribution in [3.63, 3.8) is 0 Å². The van der Waals surface area contributed by atoms with Crippen LogP contribution in [0.1, 0.15) is 44.7 Å². The van der Waals surface area contributed by atoms with Crippen molar-refractivity contribution in [3.05, 3.63) is 35.4 Å². The van der Waals surface area contributed by atoms with Gasteiger partial charge in [-0.05, 0) is 48.8 Å². The molecule has 2 unspecified atom stereocenters. The number of benzene rings is 1. The summed E-state index contributed by atoms with van der Waals surface area (Å²) in [5, 5.41) is 0. The van der Waals surface area contributed by atoms with Crippen LogP contribution < -0.4 is 5.73 Å². The van der Waals surface area contributed by atoms with Crippen LogP contribution in [0.5, 0.6) is 0 Å². The van der Waals surface area contributed by atoms with E-state index in [4.69, 9.17) is 5.73 Å². The number of piperidine rings is 1. The van der Waals surface area contributed by atoms with Crippen molar-refractivity contribution in [2.24, 2.45) is 17.6 Å². The van der Waals surface area contributed by atoms with Gasteiger partial charge in [-0.1, -0.05) is 45.0 Å². The maximum atomic E-state index is 5.95. The van der Waals surface area contributed by atoms with Gasteiger partial charge in [0.1, 0.15) is 0 Å². The Balaban J connectivity index is 1.95. The third-order valence-corrected chi connectivity index (χ3v) is 4.42. The van der Waals surface area contributed by atoms with Crippen LogP contribution in [0.4, 0.5) is 0 Å². The Morgan fingerprint density at radius 3 is 2.45 bits per heavy atom. The summed E-state index contributed by atoms with van der Waals surface area (Å²) in [5.41, 5.74) is 8.82. The Hall–Kier alpha value is -0.860. The van der Waals surface area contributed by atoms with E-state index in [0.717, 1.165) is 24.9 Å². The zero-order valence-electron chi connectivity index (χ0n) is 13.3. The second kappa shape index (κ2) is 7.24. The third-order valence-electron chi connectivity index (χ3n) is 4.42. The minimum absolute atomic E-state index is 0.564. The van der Waals surface area contributed by atoms with Crippen molar-refractivity contribution in [1.29, 1.82) is 0 Å². The van der Waals surface area contributed by atoms with E-state index >= 15 is 0 Å². The lowest BCUT2D eigenvalue weighted by molar-refractivity contribution is 0.115. The van der Waals surface area contributed by atoms with Crippen LogP contribution in [-0.2, 0) is 13.0 Å². The molecule has 1 fully saturated rings. The normalized spacial score (nSPS) is 24.2. The predicted molar refractivity (Wildman–Crippen MR) is 86.6 cm³/mol. The van der Waals surface area contributed by atoms with Crippen LogP contribution in [0.25, 0.3) is 0 Å². The molecule has 0 amide bonds. The predicted octanol–water partition coefficient (Wildman–Crippen LogP) is 3.44. The van der Waals surface area contributed by atoms with E-state index in [1.807, 2.05) is 0 Å². The van der Waals surface area contributed by atoms with E-state index in [2.05, 4.69) is 49.9 Å². The summed E-state index contributed by atoms with van der Waals surface area (Å²) < 4.78 is 0. The highest BCUT2D eigenvalue weighted by Gasteiger charge is 2.24. The number of hydrogen-bond acceptors (Lipinski definition) is 2. The van der Waals surface area contributed by atoms with Gasteiger partial charge in [-0.3, -0.25) is 4.90 Å². The highest BCUT2D eigenvalue weighted by Crippen LogP contribution is 2.23. The molecule has 1 aromatic carbocycles. The molecule has 2 N–H and O–H groups in total. The van der Waals surface area contributed by atoms with Crippen molar-refractivity contribution in [1.82, 2.24) is 4.90 Å². The van der Waals surface area contributed by atoms with Gasteiger partial charge in [0.2, 0.25) is 0 Å². The third kappa shape index (κ3) is 4.32. The van der Waals surface area contributed by atoms with E-state index in [9.17, 15) is 0 Å². The number of hydrogen-bond donors (Lipinski definition) is 1. The van der Waals surface area contributed by atoms with E-state index in [0.29, 0.717) is 6.04 Å². The molecule has 0 aliphatic carbocycles. The summed E-state index contributed by atoms with van der Waals surface area (Å²) in [4.78, 5) is 2.57. The Morgan fingerprint density at radius 1 is 1.20 bits per heavy atom. The highest BCUT2D eigenvalue weighted by atomic mass is 15.2. The highest BCUT2D eigenvalue weighted by molar-refractivity contribution is 5.23. The largest absolute Gasteiger partial charge is 0.329 e. The Labute approximate surface area is 124 Å². The number of likely N-dealkylation sites (tertiary alicyclic amines) is 1. The van der Waals surface area contributed by atoms with Gasteiger partial charge in [-0.2, -0.15) is 0 Å². The molecular weight excluding hydrogens is 244 g/mol. The fourth-order valence-electron chi connectivity index (χ4n) is 3.24. The molecule has 2 rings (SSSR count). The zero-order chi connectivity index (χ0) is 14.5. The van der Waals surface area contributed by atoms with Crippen LogP contribution in [0, 0.1) is 11.8 Å². The molecule has 2 heteroatoms. The van der Waals surface area contributed by atoms with Gasteiger partial charge in [0.05, 0.1) is 0 Å². The smallest absolute Gasteiger partial charge is 0.0237 e. The maximum Gasteiger partial charge on any atom is 0.0237 e. The van der Waals surface area contributed by atoms with Crippen LogP contribution in [0.15, 0.2) is 24.3 Å². The monoisotopic (exact) mass is 274 g/mol. The maximum absolute atomic E-state index is 5.95. The lowest BCUT2D eigenvalue weighted by atomic mass is 9.92. The summed E-state index contributed by atoms with van der Waals surface area (Å²) in [6, 6.07) is 9.74. The Bertz CT molecular complexity index is 396. The lowest BCUT2D eigenvalue weighted by Gasteiger charge is -2.38. The van der Waals surface area contributed by atoms with Gasteiger partial charge in [0, 0.05) is 19.1 Å². The SMILES string of the molecule is CC(C)Cc1ccc(CN2CCC(C)CC2CN)cc1. The van der Waals surface area contributed by atoms with Crippen molar-refractivity contribution < 1.29 is 0 Å². The van der Waals surface area contributed by atoms with Crippen LogP contribution in [0.2, 0.25) is 0 Å². The first-order valence-electron chi connectivity index (χ1n) is 8.10. The molecule has 2 nitrogen and oxygen atoms in total. The second-order valence-corrected chi connectivity index (χ2v) is 6.90. The van der Waals surface area contributed by atoms with E-state index in [1.165, 1.54) is 36.9 Å². The van der Waals surface area contributed by atoms with Crippen molar-refractivity contribution in [2.45, 2.75) is 52.6 Å². The average Bonchev–Trinajstić information content (AvgIpc) is 2.42. The second-order valence-electron chi connectivity index (χ2n) is 6.90. The molecule has 0 radical (unpaired) electrons. The van der Waals surface area contributed by atoms with E-state index in [-0.39, 0.29) is 0 Å². The molecule has 0 spiro atoms. The summed E-state index contributed by atoms with van der Waals surface area (Å²) in [6.45, 7) is 9.92. The Kier molecular flexibility index (Phi) is 5.62. The standard InChI is InChI=1S/C18H30N2/c1-14(2)10-16-4-6-17(7-5-16)13-20-9-8-15(3)11-18(20)12-19/h4-7,14-15,18H,8-13,19H2,1-3H3. The van der Waals surface area contributed by atoms with E-state index < -0.39 is 0 Å². The van der Waals surface area contributed by atoms with Crippen LogP contribution in [0.3, 0.4) is 0 Å². The minimum Gasteiger partial charge on any atom is -0.329 e. The molecule has 1 aliphatic rings. The summed E-state index contributed by atoms with van der Waals surface area (Å²) in [6.07, 6.45) is 3.73. The fraction of sp³-hybridized carbons (Fsp3) is 0.667. The molecule has 20 heavy (non-hydrogen) atoms. The van der Waals surface area contributed by atoms with Crippen LogP contribution >= 0.6 is 0 Å². The van der Waals surface area contributed by atoms with E-state index in [1.54, 1.807) is 0 Å². The first kappa shape index (κ1) is 15.5. The first-order valence-corrected chi connectivity index (χ1v) is 8.10. The molecule has 1 aliphatic heterocycles. The summed E-state index contributed by atoms with van der Waals surface area (Å²) in [7, 11) is 0. The minimum atomic E-state index is 0.564. The lowest BCUT2D eigenvalue weighted by Crippen LogP contribution is -2.45. The summed E-state index contributed by atoms with van der Waals surface area (Å²) in [5.74, 6) is 1.55. The number of rotatable bonds is 5. The van der Waals surface area contributed by atoms with Crippen molar-refractivity contribution >= 4 is 0 Å². The molecule has 2 atom stereocenters. The van der Waals surface area contributed by atoms with Gasteiger partial charge in [-0.25, -0.2) is 0 Å². The molecular formula is C18H30N2. The average molecular weight is 274 g/mol. The molecule has 112 valence electrons. The topological polar surface area (TPSA) is 29.3 Å². The van der Waals surface area contributed by atoms with Crippen molar-refractivity contribution in [3.8, 4) is 0 Å². The molecule has 0 saturated carbocycles. The molecule has 1 heterocycles. The molecule has 1 saturated heterocycles. The quantitative estimate of drug-likeness (QED) is 0.891. The van der Waals surface area contributed by atoms with Crippen molar-refractivity contribution in [2.75, 3.05) is 13.1 Å². The molecule has 0 bridgehead atoms. The Morgan fingerprint density at radius 2 is 1.85 bits per heavy atom. The van der Waals surface area contributed by atoms with Gasteiger partial charge in [0.25, 0.3) is 0 Å². The number of nitrogens with zero attached hydrogens (tertiary/aromatic N) is 1. The fourth-order valence-corrected chi connectivity index (χ4v) is 3.24. The van der Waals surface area contributed by atoms with Crippen LogP contribution in [-0.4, -0.2) is 24.0 Å². The summed E-state index contributed by atoms with van der Waals surface area (Å²) >= 11 is 0.